The number of nitrogens with two attached hydrogens (primary N) is 1. The highest BCUT2D eigenvalue weighted by Gasteiger charge is 2.13. The highest BCUT2D eigenvalue weighted by molar-refractivity contribution is 5.18. The molecule has 1 aromatic carbocycles. The number of hydrogen-bond acceptors (Lipinski definition) is 2. The van der Waals surface area contributed by atoms with Crippen molar-refractivity contribution < 1.29 is 9.13 Å². The number of halogens is 1. The van der Waals surface area contributed by atoms with Gasteiger partial charge in [-0.05, 0) is 30.0 Å². The molecule has 0 fully saturated rings. The molecule has 0 amide bonds. The van der Waals surface area contributed by atoms with Crippen LogP contribution in [0.1, 0.15) is 51.2 Å². The normalized spacial score (nSPS) is 14.3. The summed E-state index contributed by atoms with van der Waals surface area (Å²) in [6.45, 7) is 5.55. The zero-order valence-electron chi connectivity index (χ0n) is 12.1. The summed E-state index contributed by atoms with van der Waals surface area (Å²) in [5.74, 6) is 0.364. The lowest BCUT2D eigenvalue weighted by Gasteiger charge is -2.21. The maximum absolute atomic E-state index is 12.9. The number of benzene rings is 1. The van der Waals surface area contributed by atoms with Crippen molar-refractivity contribution in [2.75, 3.05) is 13.2 Å². The van der Waals surface area contributed by atoms with Gasteiger partial charge >= 0.3 is 0 Å². The number of unbranched alkanes of at least 4 members (excludes halogenated alkanes) is 1. The Kier molecular flexibility index (Phi) is 7.68. The van der Waals surface area contributed by atoms with Gasteiger partial charge in [0.25, 0.3) is 0 Å². The molecule has 1 aromatic rings. The zero-order chi connectivity index (χ0) is 14.1. The predicted octanol–water partition coefficient (Wildman–Crippen LogP) is 4.06. The number of hydrogen-bond donors (Lipinski definition) is 1. The molecule has 2 unspecified atom stereocenters. The summed E-state index contributed by atoms with van der Waals surface area (Å²) in [4.78, 5) is 0. The third-order valence-electron chi connectivity index (χ3n) is 3.53. The second kappa shape index (κ2) is 9.05. The van der Waals surface area contributed by atoms with Gasteiger partial charge in [-0.25, -0.2) is 4.39 Å². The van der Waals surface area contributed by atoms with Crippen LogP contribution in [0, 0.1) is 11.7 Å². The molecule has 0 aliphatic heterocycles. The van der Waals surface area contributed by atoms with Crippen LogP contribution in [0.4, 0.5) is 4.39 Å². The summed E-state index contributed by atoms with van der Waals surface area (Å²) < 4.78 is 18.8. The van der Waals surface area contributed by atoms with Crippen LogP contribution >= 0.6 is 0 Å². The van der Waals surface area contributed by atoms with Crippen molar-refractivity contribution in [3.8, 4) is 0 Å². The molecule has 0 aromatic heterocycles. The Morgan fingerprint density at radius 2 is 1.89 bits per heavy atom. The number of rotatable bonds is 9. The molecule has 0 radical (unpaired) electrons. The van der Waals surface area contributed by atoms with Gasteiger partial charge in [0.2, 0.25) is 0 Å². The molecular formula is C16H26FNO. The van der Waals surface area contributed by atoms with E-state index in [0.29, 0.717) is 12.5 Å². The van der Waals surface area contributed by atoms with E-state index in [-0.39, 0.29) is 11.9 Å². The van der Waals surface area contributed by atoms with Gasteiger partial charge in [0.1, 0.15) is 5.82 Å². The average molecular weight is 267 g/mol. The molecule has 3 heteroatoms. The Bertz CT molecular complexity index is 339. The molecule has 108 valence electrons. The summed E-state index contributed by atoms with van der Waals surface area (Å²) in [5, 5.41) is 0. The minimum atomic E-state index is -0.228. The molecule has 0 aliphatic rings. The van der Waals surface area contributed by atoms with E-state index in [1.54, 1.807) is 12.1 Å². The number of ether oxygens (including phenoxy) is 1. The van der Waals surface area contributed by atoms with Crippen LogP contribution in [0.2, 0.25) is 0 Å². The third-order valence-corrected chi connectivity index (χ3v) is 3.53. The van der Waals surface area contributed by atoms with Crippen LogP contribution < -0.4 is 5.73 Å². The molecular weight excluding hydrogens is 241 g/mol. The van der Waals surface area contributed by atoms with Crippen LogP contribution in [-0.4, -0.2) is 13.2 Å². The minimum Gasteiger partial charge on any atom is -0.372 e. The summed E-state index contributed by atoms with van der Waals surface area (Å²) >= 11 is 0. The Hall–Kier alpha value is -0.930. The first-order valence-corrected chi connectivity index (χ1v) is 7.28. The van der Waals surface area contributed by atoms with E-state index in [4.69, 9.17) is 10.5 Å². The largest absolute Gasteiger partial charge is 0.372 e. The van der Waals surface area contributed by atoms with Crippen molar-refractivity contribution in [1.29, 1.82) is 0 Å². The monoisotopic (exact) mass is 267 g/mol. The van der Waals surface area contributed by atoms with Gasteiger partial charge in [-0.1, -0.05) is 45.2 Å². The quantitative estimate of drug-likeness (QED) is 0.732. The first kappa shape index (κ1) is 16.1. The fourth-order valence-electron chi connectivity index (χ4n) is 2.13. The van der Waals surface area contributed by atoms with Crippen molar-refractivity contribution in [1.82, 2.24) is 0 Å². The first-order chi connectivity index (χ1) is 9.21. The van der Waals surface area contributed by atoms with Crippen molar-refractivity contribution in [3.63, 3.8) is 0 Å². The molecule has 0 spiro atoms. The third kappa shape index (κ3) is 5.70. The Morgan fingerprint density at radius 3 is 2.42 bits per heavy atom. The van der Waals surface area contributed by atoms with Gasteiger partial charge in [0, 0.05) is 6.54 Å². The van der Waals surface area contributed by atoms with Gasteiger partial charge in [0.15, 0.2) is 0 Å². The van der Waals surface area contributed by atoms with E-state index in [9.17, 15) is 4.39 Å². The second-order valence-electron chi connectivity index (χ2n) is 5.03. The van der Waals surface area contributed by atoms with Crippen molar-refractivity contribution in [2.45, 2.75) is 45.6 Å². The summed E-state index contributed by atoms with van der Waals surface area (Å²) in [7, 11) is 0. The van der Waals surface area contributed by atoms with Gasteiger partial charge in [0.05, 0.1) is 12.7 Å². The van der Waals surface area contributed by atoms with Gasteiger partial charge in [-0.3, -0.25) is 0 Å². The fraction of sp³-hybridized carbons (Fsp3) is 0.625. The molecule has 2 nitrogen and oxygen atoms in total. The summed E-state index contributed by atoms with van der Waals surface area (Å²) in [6.07, 6.45) is 4.66. The van der Waals surface area contributed by atoms with Crippen LogP contribution in [-0.2, 0) is 4.74 Å². The van der Waals surface area contributed by atoms with E-state index in [1.165, 1.54) is 31.4 Å². The molecule has 0 heterocycles. The van der Waals surface area contributed by atoms with Crippen molar-refractivity contribution in [2.24, 2.45) is 11.7 Å². The van der Waals surface area contributed by atoms with E-state index in [2.05, 4.69) is 13.8 Å². The summed E-state index contributed by atoms with van der Waals surface area (Å²) in [6, 6.07) is 6.41. The van der Waals surface area contributed by atoms with Gasteiger partial charge < -0.3 is 10.5 Å². The first-order valence-electron chi connectivity index (χ1n) is 7.28. The summed E-state index contributed by atoms with van der Waals surface area (Å²) in [5.41, 5.74) is 6.70. The standard InChI is InChI=1S/C16H26FNO/c1-3-5-6-13(4-2)12-19-16(11-18)14-7-9-15(17)10-8-14/h7-10,13,16H,3-6,11-12,18H2,1-2H3. The lowest BCUT2D eigenvalue weighted by molar-refractivity contribution is 0.0299. The van der Waals surface area contributed by atoms with Gasteiger partial charge in [-0.15, -0.1) is 0 Å². The Balaban J connectivity index is 2.49. The molecule has 0 saturated heterocycles. The van der Waals surface area contributed by atoms with E-state index in [1.807, 2.05) is 0 Å². The molecule has 2 atom stereocenters. The average Bonchev–Trinajstić information content (AvgIpc) is 2.44. The van der Waals surface area contributed by atoms with Crippen molar-refractivity contribution in [3.05, 3.63) is 35.6 Å². The molecule has 0 saturated carbocycles. The SMILES string of the molecule is CCCCC(CC)COC(CN)c1ccc(F)cc1. The predicted molar refractivity (Wildman–Crippen MR) is 77.5 cm³/mol. The lowest BCUT2D eigenvalue weighted by Crippen LogP contribution is -2.19. The van der Waals surface area contributed by atoms with Gasteiger partial charge in [-0.2, -0.15) is 0 Å². The highest BCUT2D eigenvalue weighted by atomic mass is 19.1. The minimum absolute atomic E-state index is 0.128. The topological polar surface area (TPSA) is 35.2 Å². The zero-order valence-corrected chi connectivity index (χ0v) is 12.1. The highest BCUT2D eigenvalue weighted by Crippen LogP contribution is 2.20. The lowest BCUT2D eigenvalue weighted by atomic mass is 10.0. The molecule has 19 heavy (non-hydrogen) atoms. The van der Waals surface area contributed by atoms with Crippen LogP contribution in [0.15, 0.2) is 24.3 Å². The second-order valence-corrected chi connectivity index (χ2v) is 5.03. The van der Waals surface area contributed by atoms with Crippen LogP contribution in [0.3, 0.4) is 0 Å². The van der Waals surface area contributed by atoms with E-state index < -0.39 is 0 Å². The van der Waals surface area contributed by atoms with Crippen molar-refractivity contribution >= 4 is 0 Å². The molecule has 0 bridgehead atoms. The Labute approximate surface area is 116 Å². The van der Waals surface area contributed by atoms with Crippen LogP contribution in [0.5, 0.6) is 0 Å². The van der Waals surface area contributed by atoms with E-state index in [0.717, 1.165) is 18.6 Å². The fourth-order valence-corrected chi connectivity index (χ4v) is 2.13. The maximum atomic E-state index is 12.9. The Morgan fingerprint density at radius 1 is 1.21 bits per heavy atom. The van der Waals surface area contributed by atoms with E-state index >= 15 is 0 Å². The molecule has 2 N–H and O–H groups in total. The molecule has 0 aliphatic carbocycles. The smallest absolute Gasteiger partial charge is 0.123 e. The van der Waals surface area contributed by atoms with Crippen LogP contribution in [0.25, 0.3) is 0 Å². The molecule has 1 rings (SSSR count). The maximum Gasteiger partial charge on any atom is 0.123 e.